The summed E-state index contributed by atoms with van der Waals surface area (Å²) < 4.78 is 3.24. The molecule has 2 aromatic rings. The highest BCUT2D eigenvalue weighted by atomic mass is 79.9. The van der Waals surface area contributed by atoms with Gasteiger partial charge in [0.05, 0.1) is 6.04 Å². The second-order valence-electron chi connectivity index (χ2n) is 5.64. The van der Waals surface area contributed by atoms with Crippen LogP contribution in [-0.4, -0.2) is 39.3 Å². The van der Waals surface area contributed by atoms with Crippen molar-refractivity contribution in [2.45, 2.75) is 31.7 Å². The highest BCUT2D eigenvalue weighted by Gasteiger charge is 2.20. The predicted molar refractivity (Wildman–Crippen MR) is 87.2 cm³/mol. The Morgan fingerprint density at radius 3 is 2.71 bits per heavy atom. The van der Waals surface area contributed by atoms with Gasteiger partial charge in [-0.15, -0.1) is 0 Å². The molecule has 2 heterocycles. The minimum atomic E-state index is 0.534. The third-order valence-corrected chi connectivity index (χ3v) is 5.02. The van der Waals surface area contributed by atoms with Crippen LogP contribution in [0, 0.1) is 0 Å². The molecule has 112 valence electrons. The third-order valence-electron chi connectivity index (χ3n) is 4.25. The summed E-state index contributed by atoms with van der Waals surface area (Å²) in [5.74, 6) is 0. The summed E-state index contributed by atoms with van der Waals surface area (Å²) >= 11 is 3.62. The number of likely N-dealkylation sites (tertiary alicyclic amines) is 1. The van der Waals surface area contributed by atoms with E-state index in [-0.39, 0.29) is 0 Å². The molecule has 0 unspecified atom stereocenters. The third kappa shape index (κ3) is 3.92. The molecule has 1 aromatic carbocycles. The van der Waals surface area contributed by atoms with E-state index in [9.17, 15) is 0 Å². The van der Waals surface area contributed by atoms with Crippen molar-refractivity contribution in [3.63, 3.8) is 0 Å². The Bertz CT molecular complexity index is 547. The van der Waals surface area contributed by atoms with E-state index in [0.717, 1.165) is 6.42 Å². The number of aryl methyl sites for hydroxylation is 1. The molecule has 1 aliphatic heterocycles. The van der Waals surface area contributed by atoms with Crippen molar-refractivity contribution in [2.75, 3.05) is 19.6 Å². The molecule has 0 amide bonds. The maximum Gasteiger partial charge on any atom is 0.137 e. The van der Waals surface area contributed by atoms with Crippen molar-refractivity contribution in [1.82, 2.24) is 19.7 Å². The molecule has 0 aliphatic carbocycles. The Morgan fingerprint density at radius 1 is 1.19 bits per heavy atom. The largest absolute Gasteiger partial charge is 0.303 e. The number of rotatable bonds is 5. The van der Waals surface area contributed by atoms with Gasteiger partial charge in [-0.1, -0.05) is 34.1 Å². The fourth-order valence-electron chi connectivity index (χ4n) is 3.01. The quantitative estimate of drug-likeness (QED) is 0.831. The fraction of sp³-hybridized carbons (Fsp3) is 0.500. The summed E-state index contributed by atoms with van der Waals surface area (Å²) in [7, 11) is 0. The molecule has 0 saturated carbocycles. The van der Waals surface area contributed by atoms with E-state index < -0.39 is 0 Å². The second kappa shape index (κ2) is 7.18. The number of benzene rings is 1. The molecular formula is C16H21BrN4. The number of piperidine rings is 1. The first-order valence-electron chi connectivity index (χ1n) is 7.63. The lowest BCUT2D eigenvalue weighted by Crippen LogP contribution is -2.35. The molecule has 0 N–H and O–H groups in total. The molecule has 0 bridgehead atoms. The minimum absolute atomic E-state index is 0.534. The maximum atomic E-state index is 4.26. The van der Waals surface area contributed by atoms with Crippen LogP contribution in [0.15, 0.2) is 41.4 Å². The van der Waals surface area contributed by atoms with Crippen LogP contribution in [0.25, 0.3) is 0 Å². The number of nitrogens with zero attached hydrogens (tertiary/aromatic N) is 4. The van der Waals surface area contributed by atoms with Crippen LogP contribution in [0.3, 0.4) is 0 Å². The summed E-state index contributed by atoms with van der Waals surface area (Å²) in [5.41, 5.74) is 1.41. The smallest absolute Gasteiger partial charge is 0.137 e. The Morgan fingerprint density at radius 2 is 2.00 bits per heavy atom. The lowest BCUT2D eigenvalue weighted by molar-refractivity contribution is 0.178. The first-order chi connectivity index (χ1) is 10.3. The number of halogens is 1. The summed E-state index contributed by atoms with van der Waals surface area (Å²) in [6, 6.07) is 9.05. The maximum absolute atomic E-state index is 4.26. The van der Waals surface area contributed by atoms with Gasteiger partial charge in [0.15, 0.2) is 0 Å². The van der Waals surface area contributed by atoms with E-state index >= 15 is 0 Å². The van der Waals surface area contributed by atoms with Gasteiger partial charge in [-0.25, -0.2) is 9.67 Å². The van der Waals surface area contributed by atoms with Gasteiger partial charge in [0.2, 0.25) is 0 Å². The number of aromatic nitrogens is 3. The normalized spacial score (nSPS) is 17.2. The average Bonchev–Trinajstić information content (AvgIpc) is 3.04. The molecule has 3 rings (SSSR count). The molecular weight excluding hydrogens is 328 g/mol. The Labute approximate surface area is 134 Å². The molecule has 1 saturated heterocycles. The zero-order chi connectivity index (χ0) is 14.5. The highest BCUT2D eigenvalue weighted by molar-refractivity contribution is 9.10. The van der Waals surface area contributed by atoms with Crippen LogP contribution in [0.2, 0.25) is 0 Å². The highest BCUT2D eigenvalue weighted by Crippen LogP contribution is 2.22. The van der Waals surface area contributed by atoms with Crippen molar-refractivity contribution < 1.29 is 0 Å². The summed E-state index contributed by atoms with van der Waals surface area (Å²) in [6.07, 6.45) is 8.19. The lowest BCUT2D eigenvalue weighted by atomic mass is 10.0. The van der Waals surface area contributed by atoms with E-state index in [1.54, 1.807) is 6.33 Å². The summed E-state index contributed by atoms with van der Waals surface area (Å²) in [5, 5.41) is 4.26. The van der Waals surface area contributed by atoms with Crippen LogP contribution in [0.5, 0.6) is 0 Å². The molecule has 1 aliphatic rings. The standard InChI is InChI=1S/C16H21BrN4/c17-16-6-2-1-4-14(16)5-3-9-20-10-7-15(8-11-20)21-13-18-12-19-21/h1-2,4,6,12-13,15H,3,5,7-11H2. The Balaban J connectivity index is 1.41. The zero-order valence-electron chi connectivity index (χ0n) is 12.2. The van der Waals surface area contributed by atoms with Gasteiger partial charge in [-0.2, -0.15) is 5.10 Å². The molecule has 1 fully saturated rings. The van der Waals surface area contributed by atoms with Crippen molar-refractivity contribution in [1.29, 1.82) is 0 Å². The van der Waals surface area contributed by atoms with Crippen LogP contribution in [0.4, 0.5) is 0 Å². The lowest BCUT2D eigenvalue weighted by Gasteiger charge is -2.31. The molecule has 4 nitrogen and oxygen atoms in total. The first kappa shape index (κ1) is 14.7. The van der Waals surface area contributed by atoms with E-state index in [1.165, 1.54) is 48.9 Å². The van der Waals surface area contributed by atoms with E-state index in [1.807, 2.05) is 11.0 Å². The molecule has 21 heavy (non-hydrogen) atoms. The number of hydrogen-bond acceptors (Lipinski definition) is 3. The minimum Gasteiger partial charge on any atom is -0.303 e. The van der Waals surface area contributed by atoms with E-state index in [2.05, 4.69) is 55.2 Å². The molecule has 0 atom stereocenters. The van der Waals surface area contributed by atoms with Gasteiger partial charge in [0.1, 0.15) is 12.7 Å². The van der Waals surface area contributed by atoms with Gasteiger partial charge in [0.25, 0.3) is 0 Å². The van der Waals surface area contributed by atoms with E-state index in [4.69, 9.17) is 0 Å². The Kier molecular flexibility index (Phi) is 5.04. The topological polar surface area (TPSA) is 34.0 Å². The van der Waals surface area contributed by atoms with Gasteiger partial charge >= 0.3 is 0 Å². The fourth-order valence-corrected chi connectivity index (χ4v) is 3.49. The van der Waals surface area contributed by atoms with Crippen LogP contribution < -0.4 is 0 Å². The van der Waals surface area contributed by atoms with Crippen LogP contribution in [-0.2, 0) is 6.42 Å². The van der Waals surface area contributed by atoms with Gasteiger partial charge in [-0.05, 0) is 43.9 Å². The van der Waals surface area contributed by atoms with E-state index in [0.29, 0.717) is 6.04 Å². The molecule has 0 spiro atoms. The second-order valence-corrected chi connectivity index (χ2v) is 6.50. The van der Waals surface area contributed by atoms with Crippen molar-refractivity contribution in [3.8, 4) is 0 Å². The van der Waals surface area contributed by atoms with Gasteiger partial charge < -0.3 is 4.90 Å². The average molecular weight is 349 g/mol. The van der Waals surface area contributed by atoms with Crippen molar-refractivity contribution in [3.05, 3.63) is 47.0 Å². The monoisotopic (exact) mass is 348 g/mol. The zero-order valence-corrected chi connectivity index (χ0v) is 13.7. The van der Waals surface area contributed by atoms with Crippen molar-refractivity contribution >= 4 is 15.9 Å². The van der Waals surface area contributed by atoms with Gasteiger partial charge in [-0.3, -0.25) is 0 Å². The summed E-state index contributed by atoms with van der Waals surface area (Å²) in [4.78, 5) is 6.62. The molecule has 5 heteroatoms. The number of hydrogen-bond donors (Lipinski definition) is 0. The SMILES string of the molecule is Brc1ccccc1CCCN1CCC(n2cncn2)CC1. The van der Waals surface area contributed by atoms with Crippen LogP contribution >= 0.6 is 15.9 Å². The molecule has 1 aromatic heterocycles. The molecule has 0 radical (unpaired) electrons. The van der Waals surface area contributed by atoms with Gasteiger partial charge in [0, 0.05) is 17.6 Å². The van der Waals surface area contributed by atoms with Crippen molar-refractivity contribution in [2.24, 2.45) is 0 Å². The first-order valence-corrected chi connectivity index (χ1v) is 8.42. The van der Waals surface area contributed by atoms with Crippen LogP contribution in [0.1, 0.15) is 30.9 Å². The summed E-state index contributed by atoms with van der Waals surface area (Å²) in [6.45, 7) is 3.52. The predicted octanol–water partition coefficient (Wildman–Crippen LogP) is 3.31. The Hall–Kier alpha value is -1.20.